The molecule has 156 valence electrons. The lowest BCUT2D eigenvalue weighted by atomic mass is 9.84. The van der Waals surface area contributed by atoms with Crippen molar-refractivity contribution in [1.29, 1.82) is 0 Å². The molecule has 0 aromatic heterocycles. The second-order valence-corrected chi connectivity index (χ2v) is 8.48. The maximum atomic E-state index is 5.62. The quantitative estimate of drug-likeness (QED) is 0.192. The van der Waals surface area contributed by atoms with Gasteiger partial charge in [0.05, 0.1) is 0 Å². The van der Waals surface area contributed by atoms with E-state index in [9.17, 15) is 0 Å². The smallest absolute Gasteiger partial charge is 0.0243 e. The number of terminal acetylenes is 2. The topological polar surface area (TPSA) is 0 Å². The Hall–Kier alpha value is -4.78. The molecule has 0 bridgehead atoms. The first-order valence-electron chi connectivity index (χ1n) is 11.3. The predicted molar refractivity (Wildman–Crippen MR) is 146 cm³/mol. The van der Waals surface area contributed by atoms with Crippen LogP contribution in [0.2, 0.25) is 0 Å². The van der Waals surface area contributed by atoms with E-state index in [1.54, 1.807) is 0 Å². The van der Waals surface area contributed by atoms with E-state index in [0.717, 1.165) is 22.3 Å². The molecule has 0 aliphatic rings. The second-order valence-electron chi connectivity index (χ2n) is 8.48. The van der Waals surface area contributed by atoms with Gasteiger partial charge in [-0.15, -0.1) is 12.8 Å². The average molecular weight is 429 g/mol. The van der Waals surface area contributed by atoms with Gasteiger partial charge in [0, 0.05) is 11.1 Å². The van der Waals surface area contributed by atoms with E-state index in [0.29, 0.717) is 0 Å². The van der Waals surface area contributed by atoms with Crippen LogP contribution in [0.15, 0.2) is 109 Å². The van der Waals surface area contributed by atoms with Crippen LogP contribution in [-0.2, 0) is 0 Å². The molecule has 6 aromatic rings. The highest BCUT2D eigenvalue weighted by molar-refractivity contribution is 6.23. The fourth-order valence-electron chi connectivity index (χ4n) is 4.95. The molecule has 6 aromatic carbocycles. The zero-order chi connectivity index (χ0) is 23.1. The number of fused-ring (bicyclic) bond motifs is 3. The molecular formula is C34H20. The molecule has 0 saturated carbocycles. The first-order chi connectivity index (χ1) is 16.8. The largest absolute Gasteiger partial charge is 0.115 e. The summed E-state index contributed by atoms with van der Waals surface area (Å²) in [6.45, 7) is 0. The molecule has 0 heterocycles. The zero-order valence-corrected chi connectivity index (χ0v) is 18.5. The van der Waals surface area contributed by atoms with E-state index < -0.39 is 0 Å². The molecule has 6 rings (SSSR count). The molecule has 0 amide bonds. The van der Waals surface area contributed by atoms with Crippen molar-refractivity contribution >= 4 is 32.3 Å². The minimum Gasteiger partial charge on any atom is -0.115 e. The minimum atomic E-state index is 0.882. The van der Waals surface area contributed by atoms with Crippen molar-refractivity contribution in [2.24, 2.45) is 0 Å². The van der Waals surface area contributed by atoms with Crippen molar-refractivity contribution in [3.8, 4) is 46.9 Å². The molecule has 0 aliphatic carbocycles. The summed E-state index contributed by atoms with van der Waals surface area (Å²) in [5.41, 5.74) is 6.53. The van der Waals surface area contributed by atoms with E-state index in [2.05, 4.69) is 96.8 Å². The van der Waals surface area contributed by atoms with Gasteiger partial charge in [-0.2, -0.15) is 0 Å². The van der Waals surface area contributed by atoms with E-state index in [1.807, 2.05) is 24.3 Å². The van der Waals surface area contributed by atoms with E-state index in [1.165, 1.54) is 43.4 Å². The Bertz CT molecular complexity index is 1650. The van der Waals surface area contributed by atoms with E-state index in [4.69, 9.17) is 12.8 Å². The van der Waals surface area contributed by atoms with Gasteiger partial charge in [-0.1, -0.05) is 84.6 Å². The molecule has 0 spiro atoms. The average Bonchev–Trinajstić information content (AvgIpc) is 2.91. The SMILES string of the molecule is C#Cc1ccc(-c2c3ccccc3c(-c3ccc(C#C)cc3)c3cc4ccccc4cc23)cc1. The van der Waals surface area contributed by atoms with Crippen LogP contribution < -0.4 is 0 Å². The molecule has 0 atom stereocenters. The molecular weight excluding hydrogens is 408 g/mol. The second kappa shape index (κ2) is 7.97. The molecule has 0 heteroatoms. The Kier molecular flexibility index (Phi) is 4.66. The van der Waals surface area contributed by atoms with Crippen LogP contribution in [0.1, 0.15) is 11.1 Å². The van der Waals surface area contributed by atoms with Gasteiger partial charge in [0.2, 0.25) is 0 Å². The van der Waals surface area contributed by atoms with Crippen LogP contribution in [0.4, 0.5) is 0 Å². The van der Waals surface area contributed by atoms with Gasteiger partial charge in [-0.25, -0.2) is 0 Å². The number of hydrogen-bond donors (Lipinski definition) is 0. The van der Waals surface area contributed by atoms with Crippen LogP contribution in [0.5, 0.6) is 0 Å². The summed E-state index contributed by atoms with van der Waals surface area (Å²) in [5.74, 6) is 5.46. The highest BCUT2D eigenvalue weighted by Gasteiger charge is 2.17. The Labute approximate surface area is 199 Å². The summed E-state index contributed by atoms with van der Waals surface area (Å²) in [5, 5.41) is 7.33. The third-order valence-corrected chi connectivity index (χ3v) is 6.57. The van der Waals surface area contributed by atoms with Gasteiger partial charge >= 0.3 is 0 Å². The van der Waals surface area contributed by atoms with Crippen LogP contribution >= 0.6 is 0 Å². The Morgan fingerprint density at radius 3 is 1.18 bits per heavy atom. The third kappa shape index (κ3) is 3.14. The van der Waals surface area contributed by atoms with Crippen molar-refractivity contribution in [2.75, 3.05) is 0 Å². The van der Waals surface area contributed by atoms with Crippen molar-refractivity contribution < 1.29 is 0 Å². The lowest BCUT2D eigenvalue weighted by Gasteiger charge is -2.18. The molecule has 0 radical (unpaired) electrons. The summed E-state index contributed by atoms with van der Waals surface area (Å²) >= 11 is 0. The Morgan fingerprint density at radius 2 is 0.794 bits per heavy atom. The molecule has 34 heavy (non-hydrogen) atoms. The van der Waals surface area contributed by atoms with E-state index in [-0.39, 0.29) is 0 Å². The standard InChI is InChI=1S/C34H20/c1-3-23-13-17-25(18-14-23)33-29-11-7-8-12-30(29)34(26-19-15-24(4-2)16-20-26)32-22-28-10-6-5-9-27(28)21-31(32)33/h1-2,5-22H. The number of rotatable bonds is 2. The monoisotopic (exact) mass is 428 g/mol. The van der Waals surface area contributed by atoms with Gasteiger partial charge in [0.25, 0.3) is 0 Å². The minimum absolute atomic E-state index is 0.882. The third-order valence-electron chi connectivity index (χ3n) is 6.57. The van der Waals surface area contributed by atoms with Gasteiger partial charge in [0.1, 0.15) is 0 Å². The highest BCUT2D eigenvalue weighted by Crippen LogP contribution is 2.44. The van der Waals surface area contributed by atoms with Crippen LogP contribution in [0.3, 0.4) is 0 Å². The summed E-state index contributed by atoms with van der Waals surface area (Å²) < 4.78 is 0. The lowest BCUT2D eigenvalue weighted by Crippen LogP contribution is -1.92. The Balaban J connectivity index is 1.81. The van der Waals surface area contributed by atoms with Gasteiger partial charge in [-0.05, 0) is 91.0 Å². The van der Waals surface area contributed by atoms with Gasteiger partial charge in [-0.3, -0.25) is 0 Å². The van der Waals surface area contributed by atoms with Crippen LogP contribution in [0.25, 0.3) is 54.6 Å². The van der Waals surface area contributed by atoms with Gasteiger partial charge < -0.3 is 0 Å². The summed E-state index contributed by atoms with van der Waals surface area (Å²) in [4.78, 5) is 0. The van der Waals surface area contributed by atoms with Crippen LogP contribution in [0, 0.1) is 24.7 Å². The maximum Gasteiger partial charge on any atom is 0.0243 e. The molecule has 0 unspecified atom stereocenters. The first-order valence-corrected chi connectivity index (χ1v) is 11.3. The normalized spacial score (nSPS) is 10.9. The molecule has 0 aliphatic heterocycles. The molecule has 0 saturated heterocycles. The van der Waals surface area contributed by atoms with Gasteiger partial charge in [0.15, 0.2) is 0 Å². The highest BCUT2D eigenvalue weighted by atomic mass is 14.2. The van der Waals surface area contributed by atoms with Crippen molar-refractivity contribution in [3.63, 3.8) is 0 Å². The molecule has 0 nitrogen and oxygen atoms in total. The fourth-order valence-corrected chi connectivity index (χ4v) is 4.95. The summed E-state index contributed by atoms with van der Waals surface area (Å²) in [6, 6.07) is 38.4. The predicted octanol–water partition coefficient (Wildman–Crippen LogP) is 8.44. The molecule has 0 fully saturated rings. The van der Waals surface area contributed by atoms with Crippen LogP contribution in [-0.4, -0.2) is 0 Å². The first kappa shape index (κ1) is 19.9. The maximum absolute atomic E-state index is 5.62. The molecule has 0 N–H and O–H groups in total. The Morgan fingerprint density at radius 1 is 0.412 bits per heavy atom. The fraction of sp³-hybridized carbons (Fsp3) is 0. The lowest BCUT2D eigenvalue weighted by molar-refractivity contribution is 1.62. The van der Waals surface area contributed by atoms with Crippen molar-refractivity contribution in [3.05, 3.63) is 120 Å². The van der Waals surface area contributed by atoms with Crippen molar-refractivity contribution in [1.82, 2.24) is 0 Å². The summed E-state index contributed by atoms with van der Waals surface area (Å²) in [7, 11) is 0. The number of benzene rings is 6. The van der Waals surface area contributed by atoms with E-state index >= 15 is 0 Å². The zero-order valence-electron chi connectivity index (χ0n) is 18.5. The summed E-state index contributed by atoms with van der Waals surface area (Å²) in [6.07, 6.45) is 11.2. The number of hydrogen-bond acceptors (Lipinski definition) is 0. The van der Waals surface area contributed by atoms with Crippen molar-refractivity contribution in [2.45, 2.75) is 0 Å².